The Labute approximate surface area is 142 Å². The van der Waals surface area contributed by atoms with Gasteiger partial charge in [-0.3, -0.25) is 4.79 Å². The molecule has 126 valence electrons. The maximum Gasteiger partial charge on any atom is 0.339 e. The minimum atomic E-state index is -4.16. The van der Waals surface area contributed by atoms with E-state index in [9.17, 15) is 23.1 Å². The summed E-state index contributed by atoms with van der Waals surface area (Å²) in [5, 5.41) is 9.42. The quantitative estimate of drug-likeness (QED) is 0.767. The van der Waals surface area contributed by atoms with Crippen molar-refractivity contribution in [1.82, 2.24) is 4.31 Å². The van der Waals surface area contributed by atoms with E-state index in [0.29, 0.717) is 10.9 Å². The van der Waals surface area contributed by atoms with Crippen LogP contribution in [0.4, 0.5) is 0 Å². The standard InChI is InChI=1S/C14H16BrNO6S/c1-14(13(18)19)6-3-7-16(14)23(20,21)11-5-4-9(15)8-10(11)12(17)22-2/h4-5,8H,3,6-7H2,1-2H3,(H,18,19). The Bertz CT molecular complexity index is 763. The summed E-state index contributed by atoms with van der Waals surface area (Å²) in [6.45, 7) is 1.46. The van der Waals surface area contributed by atoms with Gasteiger partial charge in [0.15, 0.2) is 0 Å². The van der Waals surface area contributed by atoms with Gasteiger partial charge in [0.25, 0.3) is 0 Å². The molecule has 1 aromatic carbocycles. The van der Waals surface area contributed by atoms with Crippen LogP contribution in [-0.2, 0) is 19.6 Å². The van der Waals surface area contributed by atoms with Gasteiger partial charge < -0.3 is 9.84 Å². The number of carboxylic acid groups (broad SMARTS) is 1. The number of methoxy groups -OCH3 is 1. The fraction of sp³-hybridized carbons (Fsp3) is 0.429. The Morgan fingerprint density at radius 1 is 1.39 bits per heavy atom. The van der Waals surface area contributed by atoms with Crippen molar-refractivity contribution < 1.29 is 27.9 Å². The van der Waals surface area contributed by atoms with E-state index >= 15 is 0 Å². The van der Waals surface area contributed by atoms with Gasteiger partial charge in [-0.15, -0.1) is 0 Å². The van der Waals surface area contributed by atoms with Gasteiger partial charge in [-0.25, -0.2) is 13.2 Å². The topological polar surface area (TPSA) is 101 Å². The first kappa shape index (κ1) is 17.9. The van der Waals surface area contributed by atoms with E-state index in [1.54, 1.807) is 0 Å². The second-order valence-corrected chi connectivity index (χ2v) is 8.14. The number of carboxylic acids is 1. The molecule has 0 aromatic heterocycles. The highest BCUT2D eigenvalue weighted by molar-refractivity contribution is 9.10. The smallest absolute Gasteiger partial charge is 0.339 e. The Hall–Kier alpha value is -1.45. The van der Waals surface area contributed by atoms with Gasteiger partial charge in [0.2, 0.25) is 10.0 Å². The Morgan fingerprint density at radius 3 is 2.61 bits per heavy atom. The van der Waals surface area contributed by atoms with E-state index in [2.05, 4.69) is 20.7 Å². The summed E-state index contributed by atoms with van der Waals surface area (Å²) < 4.78 is 32.0. The number of hydrogen-bond acceptors (Lipinski definition) is 5. The third-order valence-electron chi connectivity index (χ3n) is 3.95. The molecule has 1 atom stereocenters. The van der Waals surface area contributed by atoms with Crippen molar-refractivity contribution in [2.45, 2.75) is 30.2 Å². The van der Waals surface area contributed by atoms with E-state index in [0.717, 1.165) is 11.4 Å². The maximum absolute atomic E-state index is 12.9. The molecule has 2 rings (SSSR count). The first-order valence-corrected chi connectivity index (χ1v) is 9.02. The predicted molar refractivity (Wildman–Crippen MR) is 84.6 cm³/mol. The minimum absolute atomic E-state index is 0.0851. The normalized spacial score (nSPS) is 22.0. The molecule has 7 nitrogen and oxygen atoms in total. The molecule has 1 fully saturated rings. The maximum atomic E-state index is 12.9. The number of carbonyl (C=O) groups excluding carboxylic acids is 1. The molecular weight excluding hydrogens is 390 g/mol. The largest absolute Gasteiger partial charge is 0.480 e. The molecular formula is C14H16BrNO6S. The van der Waals surface area contributed by atoms with Crippen LogP contribution in [-0.4, -0.2) is 49.0 Å². The number of benzene rings is 1. The fourth-order valence-electron chi connectivity index (χ4n) is 2.65. The number of hydrogen-bond donors (Lipinski definition) is 1. The molecule has 0 spiro atoms. The first-order chi connectivity index (χ1) is 10.6. The molecule has 23 heavy (non-hydrogen) atoms. The summed E-state index contributed by atoms with van der Waals surface area (Å²) in [4.78, 5) is 23.2. The lowest BCUT2D eigenvalue weighted by Gasteiger charge is -2.30. The Morgan fingerprint density at radius 2 is 2.04 bits per heavy atom. The van der Waals surface area contributed by atoms with Crippen molar-refractivity contribution in [3.05, 3.63) is 28.2 Å². The molecule has 9 heteroatoms. The summed E-state index contributed by atoms with van der Waals surface area (Å²) in [5.41, 5.74) is -1.67. The second-order valence-electron chi connectivity index (χ2n) is 5.39. The van der Waals surface area contributed by atoms with Crippen LogP contribution in [0.1, 0.15) is 30.1 Å². The average molecular weight is 406 g/mol. The highest BCUT2D eigenvalue weighted by atomic mass is 79.9. The number of rotatable bonds is 4. The number of sulfonamides is 1. The summed E-state index contributed by atoms with van der Waals surface area (Å²) in [6, 6.07) is 4.09. The summed E-state index contributed by atoms with van der Waals surface area (Å²) >= 11 is 3.18. The lowest BCUT2D eigenvalue weighted by Crippen LogP contribution is -2.50. The Balaban J connectivity index is 2.61. The summed E-state index contributed by atoms with van der Waals surface area (Å²) in [5.74, 6) is -2.02. The zero-order chi connectivity index (χ0) is 17.4. The molecule has 1 N–H and O–H groups in total. The average Bonchev–Trinajstić information content (AvgIpc) is 2.90. The van der Waals surface area contributed by atoms with E-state index in [1.807, 2.05) is 0 Å². The molecule has 0 aliphatic carbocycles. The van der Waals surface area contributed by atoms with E-state index in [-0.39, 0.29) is 23.4 Å². The fourth-order valence-corrected chi connectivity index (χ4v) is 4.98. The summed E-state index contributed by atoms with van der Waals surface area (Å²) in [6.07, 6.45) is 0.651. The molecule has 1 aliphatic rings. The Kier molecular flexibility index (Phi) is 4.84. The molecule has 0 amide bonds. The molecule has 1 aromatic rings. The highest BCUT2D eigenvalue weighted by Crippen LogP contribution is 2.36. The third kappa shape index (κ3) is 3.00. The van der Waals surface area contributed by atoms with Crippen LogP contribution >= 0.6 is 15.9 Å². The third-order valence-corrected chi connectivity index (χ3v) is 6.52. The van der Waals surface area contributed by atoms with Gasteiger partial charge in [0.1, 0.15) is 5.54 Å². The number of ether oxygens (including phenoxy) is 1. The van der Waals surface area contributed by atoms with Crippen LogP contribution in [0.2, 0.25) is 0 Å². The number of aliphatic carboxylic acids is 1. The van der Waals surface area contributed by atoms with Crippen molar-refractivity contribution in [2.75, 3.05) is 13.7 Å². The SMILES string of the molecule is COC(=O)c1cc(Br)ccc1S(=O)(=O)N1CCCC1(C)C(=O)O. The molecule has 1 aliphatic heterocycles. The van der Waals surface area contributed by atoms with Crippen LogP contribution in [0, 0.1) is 0 Å². The molecule has 0 bridgehead atoms. The molecule has 1 saturated heterocycles. The van der Waals surface area contributed by atoms with Gasteiger partial charge in [-0.2, -0.15) is 4.31 Å². The number of esters is 1. The molecule has 0 radical (unpaired) electrons. The van der Waals surface area contributed by atoms with Crippen LogP contribution in [0.3, 0.4) is 0 Å². The zero-order valence-corrected chi connectivity index (χ0v) is 15.0. The predicted octanol–water partition coefficient (Wildman–Crippen LogP) is 1.86. The van der Waals surface area contributed by atoms with E-state index < -0.39 is 27.5 Å². The molecule has 0 saturated carbocycles. The van der Waals surface area contributed by atoms with Gasteiger partial charge in [0, 0.05) is 11.0 Å². The van der Waals surface area contributed by atoms with Crippen molar-refractivity contribution in [3.63, 3.8) is 0 Å². The molecule has 1 unspecified atom stereocenters. The highest BCUT2D eigenvalue weighted by Gasteiger charge is 2.50. The number of halogens is 1. The van der Waals surface area contributed by atoms with Crippen LogP contribution < -0.4 is 0 Å². The van der Waals surface area contributed by atoms with E-state index in [4.69, 9.17) is 0 Å². The van der Waals surface area contributed by atoms with Crippen molar-refractivity contribution >= 4 is 37.9 Å². The molecule has 1 heterocycles. The zero-order valence-electron chi connectivity index (χ0n) is 12.6. The lowest BCUT2D eigenvalue weighted by molar-refractivity contribution is -0.146. The number of carbonyl (C=O) groups is 2. The van der Waals surface area contributed by atoms with Crippen LogP contribution in [0.25, 0.3) is 0 Å². The minimum Gasteiger partial charge on any atom is -0.480 e. The van der Waals surface area contributed by atoms with Crippen molar-refractivity contribution in [3.8, 4) is 0 Å². The van der Waals surface area contributed by atoms with Gasteiger partial charge >= 0.3 is 11.9 Å². The van der Waals surface area contributed by atoms with Crippen molar-refractivity contribution in [2.24, 2.45) is 0 Å². The van der Waals surface area contributed by atoms with Crippen molar-refractivity contribution in [1.29, 1.82) is 0 Å². The van der Waals surface area contributed by atoms with E-state index in [1.165, 1.54) is 25.1 Å². The van der Waals surface area contributed by atoms with Crippen LogP contribution in [0.5, 0.6) is 0 Å². The van der Waals surface area contributed by atoms with Gasteiger partial charge in [-0.1, -0.05) is 15.9 Å². The van der Waals surface area contributed by atoms with Gasteiger partial charge in [-0.05, 0) is 38.0 Å². The monoisotopic (exact) mass is 405 g/mol. The lowest BCUT2D eigenvalue weighted by atomic mass is 10.0. The second kappa shape index (κ2) is 6.21. The first-order valence-electron chi connectivity index (χ1n) is 6.78. The number of nitrogens with zero attached hydrogens (tertiary/aromatic N) is 1. The van der Waals surface area contributed by atoms with Gasteiger partial charge in [0.05, 0.1) is 17.6 Å². The summed E-state index contributed by atoms with van der Waals surface area (Å²) in [7, 11) is -3.01. The van der Waals surface area contributed by atoms with Crippen LogP contribution in [0.15, 0.2) is 27.6 Å².